The lowest BCUT2D eigenvalue weighted by molar-refractivity contribution is -0.200. The largest absolute Gasteiger partial charge is 0.481 e. The third-order valence-electron chi connectivity index (χ3n) is 3.35. The number of rotatable bonds is 4. The number of β-amino-alcohol motifs (C(OH)–C–C–N with tert-alkyl or cyclic N) is 1. The summed E-state index contributed by atoms with van der Waals surface area (Å²) in [5.41, 5.74) is 1.27. The molecule has 0 saturated carbocycles. The van der Waals surface area contributed by atoms with Gasteiger partial charge in [0, 0.05) is 18.2 Å². The van der Waals surface area contributed by atoms with Crippen LogP contribution in [-0.4, -0.2) is 41.6 Å². The Hall–Kier alpha value is -1.76. The Morgan fingerprint density at radius 1 is 1.40 bits per heavy atom. The van der Waals surface area contributed by atoms with Gasteiger partial charge in [0.1, 0.15) is 0 Å². The summed E-state index contributed by atoms with van der Waals surface area (Å²) in [5.74, 6) is -1.35. The molecule has 1 aliphatic heterocycles. The minimum atomic E-state index is -4.68. The summed E-state index contributed by atoms with van der Waals surface area (Å²) in [6.07, 6.45) is -7.27. The van der Waals surface area contributed by atoms with E-state index in [9.17, 15) is 18.0 Å². The lowest BCUT2D eigenvalue weighted by atomic mass is 9.98. The molecular formula is C13H14F3NO3. The fourth-order valence-electron chi connectivity index (χ4n) is 2.45. The van der Waals surface area contributed by atoms with Gasteiger partial charge in [-0.15, -0.1) is 0 Å². The van der Waals surface area contributed by atoms with Gasteiger partial charge in [-0.05, 0) is 11.6 Å². The Morgan fingerprint density at radius 2 is 2.05 bits per heavy atom. The Balaban J connectivity index is 2.19. The van der Waals surface area contributed by atoms with Crippen molar-refractivity contribution < 1.29 is 28.2 Å². The average molecular weight is 289 g/mol. The number of carboxylic acids is 1. The number of halogens is 3. The van der Waals surface area contributed by atoms with E-state index in [4.69, 9.17) is 10.2 Å². The lowest BCUT2D eigenvalue weighted by Crippen LogP contribution is -2.40. The van der Waals surface area contributed by atoms with Crippen molar-refractivity contribution in [2.24, 2.45) is 0 Å². The third-order valence-corrected chi connectivity index (χ3v) is 3.35. The quantitative estimate of drug-likeness (QED) is 0.890. The van der Waals surface area contributed by atoms with Crippen molar-refractivity contribution in [1.82, 2.24) is 0 Å². The van der Waals surface area contributed by atoms with Crippen LogP contribution >= 0.6 is 0 Å². The number of hydrogen-bond donors (Lipinski definition) is 2. The number of aliphatic carboxylic acids is 1. The van der Waals surface area contributed by atoms with E-state index in [-0.39, 0.29) is 18.9 Å². The van der Waals surface area contributed by atoms with E-state index in [1.165, 1.54) is 4.90 Å². The number of anilines is 1. The summed E-state index contributed by atoms with van der Waals surface area (Å²) < 4.78 is 37.2. The van der Waals surface area contributed by atoms with Crippen LogP contribution in [0.4, 0.5) is 18.9 Å². The van der Waals surface area contributed by atoms with Crippen molar-refractivity contribution in [3.8, 4) is 0 Å². The van der Waals surface area contributed by atoms with Gasteiger partial charge in [0.25, 0.3) is 0 Å². The molecule has 2 unspecified atom stereocenters. The number of alkyl halides is 3. The minimum Gasteiger partial charge on any atom is -0.481 e. The molecule has 1 aliphatic rings. The predicted molar refractivity (Wildman–Crippen MR) is 65.7 cm³/mol. The maximum atomic E-state index is 12.4. The summed E-state index contributed by atoms with van der Waals surface area (Å²) in [6.45, 7) is -0.421. The molecule has 2 rings (SSSR count). The molecule has 0 saturated heterocycles. The van der Waals surface area contributed by atoms with E-state index in [2.05, 4.69) is 0 Å². The smallest absolute Gasteiger partial charge is 0.416 e. The van der Waals surface area contributed by atoms with Crippen molar-refractivity contribution in [3.63, 3.8) is 0 Å². The van der Waals surface area contributed by atoms with Crippen LogP contribution in [0.3, 0.4) is 0 Å². The standard InChI is InChI=1S/C13H14F3NO3/c14-13(15,16)11(18)7-17-6-8(5-12(19)20)9-3-1-2-4-10(9)17/h1-4,8,11,18H,5-7H2,(H,19,20). The van der Waals surface area contributed by atoms with E-state index >= 15 is 0 Å². The molecule has 1 aromatic carbocycles. The number of carboxylic acid groups (broad SMARTS) is 1. The minimum absolute atomic E-state index is 0.143. The van der Waals surface area contributed by atoms with E-state index in [1.807, 2.05) is 0 Å². The van der Waals surface area contributed by atoms with Crippen LogP contribution in [0.2, 0.25) is 0 Å². The van der Waals surface area contributed by atoms with Crippen LogP contribution in [0, 0.1) is 0 Å². The van der Waals surface area contributed by atoms with Gasteiger partial charge in [0.15, 0.2) is 6.10 Å². The average Bonchev–Trinajstić information content (AvgIpc) is 2.66. The zero-order chi connectivity index (χ0) is 14.9. The number of nitrogens with zero attached hydrogens (tertiary/aromatic N) is 1. The van der Waals surface area contributed by atoms with Crippen molar-refractivity contribution >= 4 is 11.7 Å². The van der Waals surface area contributed by atoms with E-state index in [0.29, 0.717) is 11.3 Å². The first-order valence-corrected chi connectivity index (χ1v) is 6.09. The highest BCUT2D eigenvalue weighted by Gasteiger charge is 2.41. The van der Waals surface area contributed by atoms with Crippen LogP contribution in [0.5, 0.6) is 0 Å². The fraction of sp³-hybridized carbons (Fsp3) is 0.462. The molecule has 0 aliphatic carbocycles. The lowest BCUT2D eigenvalue weighted by Gasteiger charge is -2.24. The topological polar surface area (TPSA) is 60.8 Å². The van der Waals surface area contributed by atoms with Crippen LogP contribution in [0.1, 0.15) is 17.9 Å². The Labute approximate surface area is 113 Å². The fourth-order valence-corrected chi connectivity index (χ4v) is 2.45. The van der Waals surface area contributed by atoms with Crippen LogP contribution in [0.25, 0.3) is 0 Å². The first-order valence-electron chi connectivity index (χ1n) is 6.09. The maximum Gasteiger partial charge on any atom is 0.416 e. The van der Waals surface area contributed by atoms with Gasteiger partial charge in [-0.1, -0.05) is 18.2 Å². The van der Waals surface area contributed by atoms with E-state index in [0.717, 1.165) is 0 Å². The Kier molecular flexibility index (Phi) is 3.89. The molecule has 4 nitrogen and oxygen atoms in total. The normalized spacial score (nSPS) is 19.8. The van der Waals surface area contributed by atoms with E-state index < -0.39 is 24.8 Å². The third kappa shape index (κ3) is 3.04. The Bertz CT molecular complexity index is 504. The van der Waals surface area contributed by atoms with Crippen molar-refractivity contribution in [2.45, 2.75) is 24.6 Å². The number of benzene rings is 1. The van der Waals surface area contributed by atoms with Gasteiger partial charge in [-0.3, -0.25) is 4.79 Å². The SMILES string of the molecule is O=C(O)CC1CN(CC(O)C(F)(F)F)c2ccccc21. The molecule has 0 bridgehead atoms. The highest BCUT2D eigenvalue weighted by Crippen LogP contribution is 2.38. The highest BCUT2D eigenvalue weighted by atomic mass is 19.4. The van der Waals surface area contributed by atoms with Crippen LogP contribution in [-0.2, 0) is 4.79 Å². The summed E-state index contributed by atoms with van der Waals surface area (Å²) in [7, 11) is 0. The molecule has 0 amide bonds. The molecule has 2 atom stereocenters. The van der Waals surface area contributed by atoms with Crippen LogP contribution < -0.4 is 4.90 Å². The summed E-state index contributed by atoms with van der Waals surface area (Å²) in [6, 6.07) is 6.75. The zero-order valence-corrected chi connectivity index (χ0v) is 10.5. The molecule has 110 valence electrons. The molecule has 20 heavy (non-hydrogen) atoms. The molecule has 7 heteroatoms. The van der Waals surface area contributed by atoms with E-state index in [1.54, 1.807) is 24.3 Å². The number of carbonyl (C=O) groups is 1. The first-order chi connectivity index (χ1) is 9.29. The monoisotopic (exact) mass is 289 g/mol. The van der Waals surface area contributed by atoms with Gasteiger partial charge in [0.05, 0.1) is 13.0 Å². The predicted octanol–water partition coefficient (Wildman–Crippen LogP) is 1.99. The van der Waals surface area contributed by atoms with Crippen molar-refractivity contribution in [1.29, 1.82) is 0 Å². The molecule has 0 fully saturated rings. The molecular weight excluding hydrogens is 275 g/mol. The zero-order valence-electron chi connectivity index (χ0n) is 10.5. The second-order valence-corrected chi connectivity index (χ2v) is 4.82. The van der Waals surface area contributed by atoms with Gasteiger partial charge in [-0.2, -0.15) is 13.2 Å². The maximum absolute atomic E-state index is 12.4. The van der Waals surface area contributed by atoms with Crippen LogP contribution in [0.15, 0.2) is 24.3 Å². The Morgan fingerprint density at radius 3 is 2.65 bits per heavy atom. The summed E-state index contributed by atoms with van der Waals surface area (Å²) in [4.78, 5) is 12.2. The summed E-state index contributed by atoms with van der Waals surface area (Å²) >= 11 is 0. The highest BCUT2D eigenvalue weighted by molar-refractivity contribution is 5.71. The molecule has 0 radical (unpaired) electrons. The molecule has 0 aromatic heterocycles. The first kappa shape index (κ1) is 14.6. The van der Waals surface area contributed by atoms with Crippen molar-refractivity contribution in [3.05, 3.63) is 29.8 Å². The van der Waals surface area contributed by atoms with Gasteiger partial charge >= 0.3 is 12.1 Å². The number of para-hydroxylation sites is 1. The van der Waals surface area contributed by atoms with Gasteiger partial charge in [0.2, 0.25) is 0 Å². The van der Waals surface area contributed by atoms with Crippen molar-refractivity contribution in [2.75, 3.05) is 18.0 Å². The molecule has 0 spiro atoms. The molecule has 2 N–H and O–H groups in total. The summed E-state index contributed by atoms with van der Waals surface area (Å²) in [5, 5.41) is 18.0. The van der Waals surface area contributed by atoms with Gasteiger partial charge < -0.3 is 15.1 Å². The van der Waals surface area contributed by atoms with Gasteiger partial charge in [-0.25, -0.2) is 0 Å². The molecule has 1 aromatic rings. The number of aliphatic hydroxyl groups excluding tert-OH is 1. The second kappa shape index (κ2) is 5.32. The number of hydrogen-bond acceptors (Lipinski definition) is 3. The second-order valence-electron chi connectivity index (χ2n) is 4.82. The number of fused-ring (bicyclic) bond motifs is 1. The number of aliphatic hydroxyl groups is 1. The molecule has 1 heterocycles.